The molecule has 1 aromatic rings. The summed E-state index contributed by atoms with van der Waals surface area (Å²) < 4.78 is 30.1. The van der Waals surface area contributed by atoms with Gasteiger partial charge in [-0.25, -0.2) is 13.6 Å². The Morgan fingerprint density at radius 3 is 2.25 bits per heavy atom. The van der Waals surface area contributed by atoms with Gasteiger partial charge in [0.1, 0.15) is 0 Å². The molecule has 0 aliphatic rings. The van der Waals surface area contributed by atoms with E-state index in [0.29, 0.717) is 0 Å². The fraction of sp³-hybridized carbons (Fsp3) is 0.364. The van der Waals surface area contributed by atoms with Crippen molar-refractivity contribution in [2.45, 2.75) is 18.9 Å². The standard InChI is InChI=1S/C11H13F2NO2/c1-7-3-5-8(6-4-7)11(14,9(12)13)10(15)16-2/h3-6,9H,14H2,1-2H3. The number of alkyl halides is 2. The van der Waals surface area contributed by atoms with Gasteiger partial charge in [0.15, 0.2) is 0 Å². The minimum atomic E-state index is -3.03. The van der Waals surface area contributed by atoms with E-state index in [4.69, 9.17) is 5.73 Å². The highest BCUT2D eigenvalue weighted by molar-refractivity contribution is 5.82. The summed E-state index contributed by atoms with van der Waals surface area (Å²) in [4.78, 5) is 11.3. The summed E-state index contributed by atoms with van der Waals surface area (Å²) in [5, 5.41) is 0. The van der Waals surface area contributed by atoms with Crippen LogP contribution in [-0.2, 0) is 15.1 Å². The molecular weight excluding hydrogens is 216 g/mol. The van der Waals surface area contributed by atoms with Crippen LogP contribution in [-0.4, -0.2) is 19.5 Å². The van der Waals surface area contributed by atoms with Crippen molar-refractivity contribution in [1.29, 1.82) is 0 Å². The number of hydrogen-bond acceptors (Lipinski definition) is 3. The molecule has 1 unspecified atom stereocenters. The van der Waals surface area contributed by atoms with Crippen LogP contribution in [0, 0.1) is 6.92 Å². The maximum absolute atomic E-state index is 12.9. The molecule has 0 heterocycles. The number of benzene rings is 1. The van der Waals surface area contributed by atoms with Gasteiger partial charge in [0.25, 0.3) is 6.43 Å². The van der Waals surface area contributed by atoms with Gasteiger partial charge in [-0.05, 0) is 12.5 Å². The molecule has 3 nitrogen and oxygen atoms in total. The highest BCUT2D eigenvalue weighted by atomic mass is 19.3. The van der Waals surface area contributed by atoms with Crippen molar-refractivity contribution in [2.75, 3.05) is 7.11 Å². The molecule has 2 N–H and O–H groups in total. The SMILES string of the molecule is COC(=O)C(N)(c1ccc(C)cc1)C(F)F. The normalized spacial score (nSPS) is 14.6. The lowest BCUT2D eigenvalue weighted by Gasteiger charge is -2.25. The number of carbonyl (C=O) groups is 1. The van der Waals surface area contributed by atoms with Crippen LogP contribution in [0.4, 0.5) is 8.78 Å². The van der Waals surface area contributed by atoms with Crippen LogP contribution in [0.15, 0.2) is 24.3 Å². The van der Waals surface area contributed by atoms with Crippen molar-refractivity contribution < 1.29 is 18.3 Å². The van der Waals surface area contributed by atoms with Crippen molar-refractivity contribution in [3.63, 3.8) is 0 Å². The van der Waals surface area contributed by atoms with Gasteiger partial charge in [0.2, 0.25) is 5.54 Å². The van der Waals surface area contributed by atoms with Gasteiger partial charge in [-0.1, -0.05) is 29.8 Å². The number of halogens is 2. The van der Waals surface area contributed by atoms with Gasteiger partial charge < -0.3 is 10.5 Å². The van der Waals surface area contributed by atoms with Crippen LogP contribution >= 0.6 is 0 Å². The highest BCUT2D eigenvalue weighted by Crippen LogP contribution is 2.27. The Labute approximate surface area is 92.2 Å². The Balaban J connectivity index is 3.21. The number of esters is 1. The predicted octanol–water partition coefficient (Wildman–Crippen LogP) is 1.59. The van der Waals surface area contributed by atoms with E-state index in [2.05, 4.69) is 4.74 Å². The van der Waals surface area contributed by atoms with Crippen molar-refractivity contribution in [2.24, 2.45) is 5.73 Å². The van der Waals surface area contributed by atoms with Crippen LogP contribution in [0.2, 0.25) is 0 Å². The fourth-order valence-electron chi connectivity index (χ4n) is 1.33. The van der Waals surface area contributed by atoms with E-state index < -0.39 is 17.9 Å². The van der Waals surface area contributed by atoms with Crippen LogP contribution in [0.1, 0.15) is 11.1 Å². The van der Waals surface area contributed by atoms with Gasteiger partial charge in [-0.3, -0.25) is 0 Å². The first kappa shape index (κ1) is 12.6. The number of methoxy groups -OCH3 is 1. The second-order valence-electron chi connectivity index (χ2n) is 3.53. The number of ether oxygens (including phenoxy) is 1. The first-order valence-electron chi connectivity index (χ1n) is 4.65. The quantitative estimate of drug-likeness (QED) is 0.801. The van der Waals surface area contributed by atoms with Crippen molar-refractivity contribution >= 4 is 5.97 Å². The number of aryl methyl sites for hydroxylation is 1. The van der Waals surface area contributed by atoms with E-state index >= 15 is 0 Å². The van der Waals surface area contributed by atoms with Gasteiger partial charge in [-0.2, -0.15) is 0 Å². The molecule has 0 spiro atoms. The van der Waals surface area contributed by atoms with E-state index in [1.807, 2.05) is 6.92 Å². The molecule has 0 amide bonds. The summed E-state index contributed by atoms with van der Waals surface area (Å²) in [5.41, 5.74) is 3.98. The zero-order valence-electron chi connectivity index (χ0n) is 9.04. The number of nitrogens with two attached hydrogens (primary N) is 1. The Kier molecular flexibility index (Phi) is 3.59. The second kappa shape index (κ2) is 4.57. The molecule has 1 atom stereocenters. The third-order valence-electron chi connectivity index (χ3n) is 2.40. The number of hydrogen-bond donors (Lipinski definition) is 1. The van der Waals surface area contributed by atoms with E-state index in [1.54, 1.807) is 12.1 Å². The summed E-state index contributed by atoms with van der Waals surface area (Å²) in [6, 6.07) is 6.03. The minimum absolute atomic E-state index is 0.0416. The molecule has 0 saturated carbocycles. The van der Waals surface area contributed by atoms with Crippen LogP contribution in [0.3, 0.4) is 0 Å². The van der Waals surface area contributed by atoms with Crippen molar-refractivity contribution in [3.05, 3.63) is 35.4 Å². The maximum atomic E-state index is 12.9. The van der Waals surface area contributed by atoms with Gasteiger partial charge in [0.05, 0.1) is 7.11 Å². The summed E-state index contributed by atoms with van der Waals surface area (Å²) in [6.45, 7) is 1.81. The molecule has 5 heteroatoms. The first-order chi connectivity index (χ1) is 7.42. The Hall–Kier alpha value is -1.49. The summed E-state index contributed by atoms with van der Waals surface area (Å²) >= 11 is 0. The third kappa shape index (κ3) is 2.04. The van der Waals surface area contributed by atoms with Crippen LogP contribution in [0.5, 0.6) is 0 Å². The molecular formula is C11H13F2NO2. The molecule has 0 aliphatic carbocycles. The highest BCUT2D eigenvalue weighted by Gasteiger charge is 2.46. The van der Waals surface area contributed by atoms with E-state index in [-0.39, 0.29) is 5.56 Å². The van der Waals surface area contributed by atoms with E-state index in [9.17, 15) is 13.6 Å². The molecule has 0 bridgehead atoms. The van der Waals surface area contributed by atoms with E-state index in [1.165, 1.54) is 12.1 Å². The minimum Gasteiger partial charge on any atom is -0.467 e. The molecule has 0 saturated heterocycles. The molecule has 16 heavy (non-hydrogen) atoms. The molecule has 1 rings (SSSR count). The molecule has 88 valence electrons. The molecule has 0 aromatic heterocycles. The maximum Gasteiger partial charge on any atom is 0.336 e. The lowest BCUT2D eigenvalue weighted by molar-refractivity contribution is -0.154. The van der Waals surface area contributed by atoms with Crippen molar-refractivity contribution in [3.8, 4) is 0 Å². The first-order valence-corrected chi connectivity index (χ1v) is 4.65. The summed E-state index contributed by atoms with van der Waals surface area (Å²) in [5.74, 6) is -1.15. The molecule has 1 aromatic carbocycles. The third-order valence-corrected chi connectivity index (χ3v) is 2.40. The largest absolute Gasteiger partial charge is 0.467 e. The predicted molar refractivity (Wildman–Crippen MR) is 55.1 cm³/mol. The monoisotopic (exact) mass is 229 g/mol. The Morgan fingerprint density at radius 1 is 1.38 bits per heavy atom. The van der Waals surface area contributed by atoms with Gasteiger partial charge in [-0.15, -0.1) is 0 Å². The molecule has 0 fully saturated rings. The average molecular weight is 229 g/mol. The topological polar surface area (TPSA) is 52.3 Å². The van der Waals surface area contributed by atoms with Gasteiger partial charge in [0, 0.05) is 0 Å². The number of rotatable bonds is 3. The smallest absolute Gasteiger partial charge is 0.336 e. The molecule has 0 aliphatic heterocycles. The zero-order valence-corrected chi connectivity index (χ0v) is 9.04. The summed E-state index contributed by atoms with van der Waals surface area (Å²) in [7, 11) is 1.03. The zero-order chi connectivity index (χ0) is 12.3. The van der Waals surface area contributed by atoms with Crippen LogP contribution in [0.25, 0.3) is 0 Å². The Morgan fingerprint density at radius 2 is 1.88 bits per heavy atom. The average Bonchev–Trinajstić information content (AvgIpc) is 2.27. The molecule has 0 radical (unpaired) electrons. The number of carbonyl (C=O) groups excluding carboxylic acids is 1. The Bertz CT molecular complexity index is 378. The van der Waals surface area contributed by atoms with Crippen molar-refractivity contribution in [1.82, 2.24) is 0 Å². The summed E-state index contributed by atoms with van der Waals surface area (Å²) in [6.07, 6.45) is -3.03. The van der Waals surface area contributed by atoms with E-state index in [0.717, 1.165) is 12.7 Å². The van der Waals surface area contributed by atoms with Gasteiger partial charge >= 0.3 is 5.97 Å². The second-order valence-corrected chi connectivity index (χ2v) is 3.53. The fourth-order valence-corrected chi connectivity index (χ4v) is 1.33. The lowest BCUT2D eigenvalue weighted by Crippen LogP contribution is -2.51. The lowest BCUT2D eigenvalue weighted by atomic mass is 9.91. The van der Waals surface area contributed by atoms with Crippen LogP contribution < -0.4 is 5.73 Å².